The number of nitrogens with zero attached hydrogens (tertiary/aromatic N) is 5. The number of carbonyl (C=O) groups excluding carboxylic acids is 1. The number of aryl methyl sites for hydroxylation is 1. The monoisotopic (exact) mass is 382 g/mol. The molecule has 4 rings (SSSR count). The summed E-state index contributed by atoms with van der Waals surface area (Å²) in [6.45, 7) is 4.38. The third-order valence-corrected chi connectivity index (χ3v) is 4.53. The van der Waals surface area contributed by atoms with Gasteiger partial charge >= 0.3 is 6.09 Å². The molecule has 9 nitrogen and oxygen atoms in total. The normalized spacial score (nSPS) is 13.5. The van der Waals surface area contributed by atoms with Crippen molar-refractivity contribution in [2.75, 3.05) is 23.9 Å². The Morgan fingerprint density at radius 3 is 2.93 bits per heavy atom. The van der Waals surface area contributed by atoms with E-state index in [0.29, 0.717) is 11.5 Å². The molecule has 1 aromatic carbocycles. The Hall–Kier alpha value is -3.36. The predicted molar refractivity (Wildman–Crippen MR) is 104 cm³/mol. The van der Waals surface area contributed by atoms with Crippen LogP contribution >= 0.6 is 0 Å². The number of anilines is 3. The van der Waals surface area contributed by atoms with Crippen LogP contribution in [0.5, 0.6) is 5.75 Å². The van der Waals surface area contributed by atoms with Gasteiger partial charge in [-0.05, 0) is 50.5 Å². The summed E-state index contributed by atoms with van der Waals surface area (Å²) in [7, 11) is 1.67. The summed E-state index contributed by atoms with van der Waals surface area (Å²) in [5, 5.41) is 11.0. The van der Waals surface area contributed by atoms with Crippen LogP contribution in [0.2, 0.25) is 0 Å². The number of ether oxygens (including phenoxy) is 2. The van der Waals surface area contributed by atoms with Crippen LogP contribution in [0.1, 0.15) is 25.8 Å². The number of nitrogens with one attached hydrogen (secondary N) is 1. The van der Waals surface area contributed by atoms with Crippen molar-refractivity contribution in [3.05, 3.63) is 36.2 Å². The lowest BCUT2D eigenvalue weighted by Gasteiger charge is -2.30. The molecule has 0 saturated heterocycles. The zero-order chi connectivity index (χ0) is 19.7. The molecule has 0 unspecified atom stereocenters. The molecular formula is C19H22N6O3. The lowest BCUT2D eigenvalue weighted by Crippen LogP contribution is -2.26. The number of aromatic nitrogens is 4. The first-order valence-corrected chi connectivity index (χ1v) is 9.18. The molecule has 0 radical (unpaired) electrons. The van der Waals surface area contributed by atoms with Gasteiger partial charge in [-0.15, -0.1) is 10.2 Å². The van der Waals surface area contributed by atoms with Gasteiger partial charge in [-0.25, -0.2) is 9.78 Å². The third kappa shape index (κ3) is 3.30. The van der Waals surface area contributed by atoms with E-state index < -0.39 is 6.09 Å². The van der Waals surface area contributed by atoms with Crippen LogP contribution in [0.15, 0.2) is 30.6 Å². The molecule has 0 aliphatic carbocycles. The van der Waals surface area contributed by atoms with Crippen LogP contribution in [0.3, 0.4) is 0 Å². The van der Waals surface area contributed by atoms with Gasteiger partial charge in [-0.3, -0.25) is 9.72 Å². The lowest BCUT2D eigenvalue weighted by atomic mass is 10.0. The molecule has 0 saturated carbocycles. The number of methoxy groups -OCH3 is 1. The lowest BCUT2D eigenvalue weighted by molar-refractivity contribution is 0.129. The van der Waals surface area contributed by atoms with Crippen LogP contribution in [0, 0.1) is 0 Å². The first kappa shape index (κ1) is 18.0. The number of rotatable bonds is 4. The summed E-state index contributed by atoms with van der Waals surface area (Å²) in [4.78, 5) is 18.6. The van der Waals surface area contributed by atoms with E-state index in [1.165, 1.54) is 5.56 Å². The van der Waals surface area contributed by atoms with Gasteiger partial charge in [0, 0.05) is 24.6 Å². The van der Waals surface area contributed by atoms with Crippen LogP contribution < -0.4 is 15.0 Å². The molecule has 28 heavy (non-hydrogen) atoms. The molecule has 0 atom stereocenters. The Labute approximate surface area is 162 Å². The number of fused-ring (bicyclic) bond motifs is 2. The molecule has 3 aromatic rings. The first-order chi connectivity index (χ1) is 13.6. The fourth-order valence-electron chi connectivity index (χ4n) is 3.34. The standard InChI is InChI=1S/C19H22N6O3/c1-12(2)28-19(26)21-18-23-22-17-16(20-8-10-25(17)18)24-9-4-5-13-11-14(27-3)6-7-15(13)24/h6-8,10-12H,4-5,9H2,1-3H3,(H,21,23,26). The fraction of sp³-hybridized carbons (Fsp3) is 0.368. The minimum absolute atomic E-state index is 0.224. The Kier molecular flexibility index (Phi) is 4.72. The van der Waals surface area contributed by atoms with Gasteiger partial charge in [0.1, 0.15) is 5.75 Å². The summed E-state index contributed by atoms with van der Waals surface area (Å²) in [5.41, 5.74) is 2.84. The summed E-state index contributed by atoms with van der Waals surface area (Å²) in [5.74, 6) is 1.81. The summed E-state index contributed by atoms with van der Waals surface area (Å²) >= 11 is 0. The van der Waals surface area contributed by atoms with Gasteiger partial charge in [-0.1, -0.05) is 0 Å². The van der Waals surface area contributed by atoms with E-state index in [1.807, 2.05) is 12.1 Å². The Morgan fingerprint density at radius 2 is 2.14 bits per heavy atom. The van der Waals surface area contributed by atoms with E-state index in [9.17, 15) is 4.79 Å². The first-order valence-electron chi connectivity index (χ1n) is 9.18. The van der Waals surface area contributed by atoms with Gasteiger partial charge < -0.3 is 14.4 Å². The maximum absolute atomic E-state index is 11.9. The van der Waals surface area contributed by atoms with Crippen molar-refractivity contribution < 1.29 is 14.3 Å². The third-order valence-electron chi connectivity index (χ3n) is 4.53. The van der Waals surface area contributed by atoms with Crippen LogP contribution in [0.25, 0.3) is 5.65 Å². The van der Waals surface area contributed by atoms with Gasteiger partial charge in [0.05, 0.1) is 13.2 Å². The largest absolute Gasteiger partial charge is 0.497 e. The highest BCUT2D eigenvalue weighted by molar-refractivity contribution is 5.84. The van der Waals surface area contributed by atoms with Crippen molar-refractivity contribution in [2.24, 2.45) is 0 Å². The quantitative estimate of drug-likeness (QED) is 0.740. The van der Waals surface area contributed by atoms with E-state index in [1.54, 1.807) is 37.8 Å². The highest BCUT2D eigenvalue weighted by Crippen LogP contribution is 2.36. The second-order valence-corrected chi connectivity index (χ2v) is 6.80. The summed E-state index contributed by atoms with van der Waals surface area (Å²) in [6, 6.07) is 6.03. The number of carbonyl (C=O) groups is 1. The Balaban J connectivity index is 1.70. The van der Waals surface area contributed by atoms with Crippen molar-refractivity contribution in [3.63, 3.8) is 0 Å². The molecule has 146 valence electrons. The minimum Gasteiger partial charge on any atom is -0.497 e. The topological polar surface area (TPSA) is 93.9 Å². The number of benzene rings is 1. The summed E-state index contributed by atoms with van der Waals surface area (Å²) in [6.07, 6.45) is 4.55. The van der Waals surface area contributed by atoms with Crippen molar-refractivity contribution in [1.82, 2.24) is 19.6 Å². The molecule has 1 amide bonds. The molecule has 2 aromatic heterocycles. The molecule has 0 fully saturated rings. The average molecular weight is 382 g/mol. The van der Waals surface area contributed by atoms with E-state index in [2.05, 4.69) is 31.5 Å². The summed E-state index contributed by atoms with van der Waals surface area (Å²) < 4.78 is 12.2. The molecule has 1 aliphatic heterocycles. The Morgan fingerprint density at radius 1 is 1.29 bits per heavy atom. The van der Waals surface area contributed by atoms with Crippen LogP contribution in [-0.4, -0.2) is 45.4 Å². The molecular weight excluding hydrogens is 360 g/mol. The highest BCUT2D eigenvalue weighted by Gasteiger charge is 2.24. The zero-order valence-corrected chi connectivity index (χ0v) is 16.0. The van der Waals surface area contributed by atoms with E-state index in [-0.39, 0.29) is 12.1 Å². The second-order valence-electron chi connectivity index (χ2n) is 6.80. The van der Waals surface area contributed by atoms with Crippen LogP contribution in [-0.2, 0) is 11.2 Å². The molecule has 9 heteroatoms. The second kappa shape index (κ2) is 7.34. The highest BCUT2D eigenvalue weighted by atomic mass is 16.6. The molecule has 0 bridgehead atoms. The number of amides is 1. The van der Waals surface area contributed by atoms with Crippen molar-refractivity contribution in [1.29, 1.82) is 0 Å². The van der Waals surface area contributed by atoms with Crippen molar-refractivity contribution in [2.45, 2.75) is 32.8 Å². The van der Waals surface area contributed by atoms with Crippen molar-refractivity contribution in [3.8, 4) is 5.75 Å². The minimum atomic E-state index is -0.571. The maximum Gasteiger partial charge on any atom is 0.414 e. The smallest absolute Gasteiger partial charge is 0.414 e. The average Bonchev–Trinajstić information content (AvgIpc) is 3.09. The Bertz CT molecular complexity index is 1020. The predicted octanol–water partition coefficient (Wildman–Crippen LogP) is 3.17. The van der Waals surface area contributed by atoms with Crippen molar-refractivity contribution >= 4 is 29.2 Å². The van der Waals surface area contributed by atoms with Gasteiger partial charge in [-0.2, -0.15) is 0 Å². The maximum atomic E-state index is 11.9. The van der Waals surface area contributed by atoms with Gasteiger partial charge in [0.2, 0.25) is 11.6 Å². The van der Waals surface area contributed by atoms with E-state index >= 15 is 0 Å². The van der Waals surface area contributed by atoms with Gasteiger partial charge in [0.15, 0.2) is 5.82 Å². The molecule has 1 aliphatic rings. The van der Waals surface area contributed by atoms with Gasteiger partial charge in [0.25, 0.3) is 0 Å². The molecule has 3 heterocycles. The zero-order valence-electron chi connectivity index (χ0n) is 16.0. The molecule has 0 spiro atoms. The number of hydrogen-bond donors (Lipinski definition) is 1. The SMILES string of the molecule is COc1ccc2c(c1)CCCN2c1nccn2c(NC(=O)OC(C)C)nnc12. The fourth-order valence-corrected chi connectivity index (χ4v) is 3.34. The number of hydrogen-bond acceptors (Lipinski definition) is 7. The molecule has 1 N–H and O–H groups in total. The van der Waals surface area contributed by atoms with E-state index in [4.69, 9.17) is 9.47 Å². The van der Waals surface area contributed by atoms with E-state index in [0.717, 1.165) is 30.8 Å². The van der Waals surface area contributed by atoms with Crippen LogP contribution in [0.4, 0.5) is 22.2 Å².